The largest absolute Gasteiger partial charge is 0.368 e. The Morgan fingerprint density at radius 1 is 1.03 bits per heavy atom. The Hall–Kier alpha value is -1.88. The van der Waals surface area contributed by atoms with Crippen LogP contribution in [0.1, 0.15) is 65.2 Å². The van der Waals surface area contributed by atoms with Crippen molar-refractivity contribution in [1.29, 1.82) is 0 Å². The quantitative estimate of drug-likeness (QED) is 0.729. The van der Waals surface area contributed by atoms with Gasteiger partial charge in [-0.1, -0.05) is 32.0 Å². The third-order valence-electron chi connectivity index (χ3n) is 9.94. The van der Waals surface area contributed by atoms with E-state index in [0.717, 1.165) is 30.9 Å². The second-order valence-corrected chi connectivity index (χ2v) is 11.3. The van der Waals surface area contributed by atoms with E-state index in [0.29, 0.717) is 30.2 Å². The highest BCUT2D eigenvalue weighted by molar-refractivity contribution is 5.91. The van der Waals surface area contributed by atoms with Crippen LogP contribution < -0.4 is 5.32 Å². The molecule has 1 aliphatic heterocycles. The van der Waals surface area contributed by atoms with Gasteiger partial charge in [-0.3, -0.25) is 9.59 Å². The van der Waals surface area contributed by atoms with Gasteiger partial charge in [-0.2, -0.15) is 0 Å². The van der Waals surface area contributed by atoms with Crippen molar-refractivity contribution in [3.63, 3.8) is 0 Å². The van der Waals surface area contributed by atoms with Crippen molar-refractivity contribution in [1.82, 2.24) is 4.90 Å². The van der Waals surface area contributed by atoms with Crippen molar-refractivity contribution < 1.29 is 14.3 Å². The summed E-state index contributed by atoms with van der Waals surface area (Å²) in [4.78, 5) is 26.9. The molecule has 5 heteroatoms. The van der Waals surface area contributed by atoms with Crippen LogP contribution in [0.15, 0.2) is 30.3 Å². The third-order valence-corrected chi connectivity index (χ3v) is 9.94. The van der Waals surface area contributed by atoms with Crippen LogP contribution in [0, 0.1) is 28.6 Å². The van der Waals surface area contributed by atoms with Crippen LogP contribution in [0.3, 0.4) is 0 Å². The summed E-state index contributed by atoms with van der Waals surface area (Å²) in [6.45, 7) is 5.02. The van der Waals surface area contributed by atoms with Crippen molar-refractivity contribution in [2.24, 2.45) is 28.6 Å². The van der Waals surface area contributed by atoms with Gasteiger partial charge in [0.05, 0.1) is 6.10 Å². The maximum Gasteiger partial charge on any atom is 0.250 e. The number of carbonyl (C=O) groups is 2. The molecule has 1 aromatic rings. The third kappa shape index (κ3) is 3.48. The van der Waals surface area contributed by atoms with E-state index in [4.69, 9.17) is 4.74 Å². The molecule has 1 saturated heterocycles. The van der Waals surface area contributed by atoms with Crippen LogP contribution in [-0.2, 0) is 14.3 Å². The average Bonchev–Trinajstić information content (AvgIpc) is 3.12. The maximum atomic E-state index is 12.5. The molecule has 5 nitrogen and oxygen atoms in total. The van der Waals surface area contributed by atoms with Gasteiger partial charge < -0.3 is 15.0 Å². The lowest BCUT2D eigenvalue weighted by Gasteiger charge is -2.61. The van der Waals surface area contributed by atoms with E-state index in [1.807, 2.05) is 37.4 Å². The minimum atomic E-state index is -0.0696. The maximum absolute atomic E-state index is 12.5. The minimum absolute atomic E-state index is 0.0696. The molecule has 0 spiro atoms. The Kier molecular flexibility index (Phi) is 5.59. The molecular formula is C27H38N2O3. The summed E-state index contributed by atoms with van der Waals surface area (Å²) in [7, 11) is 2.03. The Morgan fingerprint density at radius 2 is 1.78 bits per heavy atom. The summed E-state index contributed by atoms with van der Waals surface area (Å²) in [5.74, 6) is 2.36. The molecule has 0 radical (unpaired) electrons. The molecule has 7 atom stereocenters. The zero-order valence-electron chi connectivity index (χ0n) is 19.8. The number of para-hydroxylation sites is 1. The predicted octanol–water partition coefficient (Wildman–Crippen LogP) is 4.87. The summed E-state index contributed by atoms with van der Waals surface area (Å²) in [6.07, 6.45) is 8.94. The summed E-state index contributed by atoms with van der Waals surface area (Å²) in [6, 6.07) is 10.0. The van der Waals surface area contributed by atoms with Gasteiger partial charge in [0.2, 0.25) is 11.8 Å². The monoisotopic (exact) mass is 438 g/mol. The topological polar surface area (TPSA) is 58.6 Å². The lowest BCUT2D eigenvalue weighted by molar-refractivity contribution is -0.162. The van der Waals surface area contributed by atoms with Crippen molar-refractivity contribution >= 4 is 17.5 Å². The number of nitrogens with zero attached hydrogens (tertiary/aromatic N) is 1. The van der Waals surface area contributed by atoms with Crippen LogP contribution in [-0.4, -0.2) is 42.5 Å². The van der Waals surface area contributed by atoms with E-state index >= 15 is 0 Å². The van der Waals surface area contributed by atoms with Gasteiger partial charge in [-0.15, -0.1) is 0 Å². The van der Waals surface area contributed by atoms with Crippen LogP contribution in [0.4, 0.5) is 5.69 Å². The average molecular weight is 439 g/mol. The number of likely N-dealkylation sites (tertiary alicyclic amines) is 1. The minimum Gasteiger partial charge on any atom is -0.368 e. The summed E-state index contributed by atoms with van der Waals surface area (Å²) in [5.41, 5.74) is 1.23. The first-order valence-corrected chi connectivity index (χ1v) is 12.5. The summed E-state index contributed by atoms with van der Waals surface area (Å²) < 4.78 is 6.29. The lowest BCUT2D eigenvalue weighted by Crippen LogP contribution is -2.61. The van der Waals surface area contributed by atoms with Gasteiger partial charge in [-0.25, -0.2) is 0 Å². The van der Waals surface area contributed by atoms with Crippen LogP contribution in [0.5, 0.6) is 0 Å². The first-order chi connectivity index (χ1) is 15.3. The fraction of sp³-hybridized carbons (Fsp3) is 0.704. The number of piperidine rings is 1. The van der Waals surface area contributed by atoms with E-state index in [1.165, 1.54) is 25.7 Å². The Morgan fingerprint density at radius 3 is 2.56 bits per heavy atom. The van der Waals surface area contributed by atoms with Gasteiger partial charge in [0.1, 0.15) is 6.61 Å². The lowest BCUT2D eigenvalue weighted by atomic mass is 9.47. The molecule has 4 aliphatic rings. The van der Waals surface area contributed by atoms with E-state index in [-0.39, 0.29) is 29.4 Å². The number of nitrogens with one attached hydrogen (secondary N) is 1. The first-order valence-electron chi connectivity index (χ1n) is 12.5. The summed E-state index contributed by atoms with van der Waals surface area (Å²) in [5, 5.41) is 2.94. The Balaban J connectivity index is 1.25. The van der Waals surface area contributed by atoms with Crippen LogP contribution >= 0.6 is 0 Å². The highest BCUT2D eigenvalue weighted by Gasteiger charge is 2.61. The highest BCUT2D eigenvalue weighted by Crippen LogP contribution is 2.65. The molecule has 1 aromatic carbocycles. The van der Waals surface area contributed by atoms with Gasteiger partial charge in [0.25, 0.3) is 0 Å². The number of rotatable bonds is 4. The molecule has 0 bridgehead atoms. The van der Waals surface area contributed by atoms with Crippen molar-refractivity contribution in [3.05, 3.63) is 30.3 Å². The van der Waals surface area contributed by atoms with Gasteiger partial charge >= 0.3 is 0 Å². The molecule has 0 aromatic heterocycles. The number of ether oxygens (including phenoxy) is 1. The van der Waals surface area contributed by atoms with E-state index in [2.05, 4.69) is 24.1 Å². The molecule has 3 aliphatic carbocycles. The first kappa shape index (κ1) is 21.9. The highest BCUT2D eigenvalue weighted by atomic mass is 16.5. The Labute approximate surface area is 192 Å². The fourth-order valence-electron chi connectivity index (χ4n) is 8.27. The van der Waals surface area contributed by atoms with Crippen molar-refractivity contribution in [2.45, 2.75) is 77.4 Å². The molecule has 3 saturated carbocycles. The normalized spacial score (nSPS) is 40.9. The van der Waals surface area contributed by atoms with Gasteiger partial charge in [0.15, 0.2) is 0 Å². The molecule has 1 heterocycles. The van der Waals surface area contributed by atoms with Crippen molar-refractivity contribution in [3.8, 4) is 0 Å². The number of fused-ring (bicyclic) bond motifs is 5. The van der Waals surface area contributed by atoms with Crippen LogP contribution in [0.25, 0.3) is 0 Å². The van der Waals surface area contributed by atoms with Gasteiger partial charge in [0, 0.05) is 25.2 Å². The van der Waals surface area contributed by atoms with E-state index in [9.17, 15) is 9.59 Å². The number of carbonyl (C=O) groups excluding carboxylic acids is 2. The molecule has 1 N–H and O–H groups in total. The van der Waals surface area contributed by atoms with Crippen LogP contribution in [0.2, 0.25) is 0 Å². The number of anilines is 1. The van der Waals surface area contributed by atoms with E-state index in [1.54, 1.807) is 0 Å². The Bertz CT molecular complexity index is 873. The number of hydrogen-bond acceptors (Lipinski definition) is 3. The summed E-state index contributed by atoms with van der Waals surface area (Å²) >= 11 is 0. The number of amides is 2. The van der Waals surface area contributed by atoms with E-state index < -0.39 is 0 Å². The molecule has 5 rings (SSSR count). The molecule has 32 heavy (non-hydrogen) atoms. The molecule has 0 unspecified atom stereocenters. The standard InChI is InChI=1S/C27H38N2O3/c1-26-16-14-25(31)29(3)22(26)11-9-19-20-10-12-23(27(20,2)15-13-21(19)26)32-17-24(30)28-18-7-5-4-6-8-18/h4-8,19-23H,9-17H2,1-3H3,(H,28,30)/t19-,20-,21-,22+,23-,26+,27-/m0/s1. The second kappa shape index (κ2) is 8.16. The van der Waals surface area contributed by atoms with Gasteiger partial charge in [-0.05, 0) is 85.7 Å². The SMILES string of the molecule is CN1C(=O)CC[C@]2(C)[C@H]3CC[C@]4(C)[C@@H](OCC(=O)Nc5ccccc5)CC[C@H]4[C@@H]3CC[C@@H]12. The second-order valence-electron chi connectivity index (χ2n) is 11.3. The molecule has 2 amide bonds. The van der Waals surface area contributed by atoms with Crippen molar-refractivity contribution in [2.75, 3.05) is 19.0 Å². The molecular weight excluding hydrogens is 400 g/mol. The number of hydrogen-bond donors (Lipinski definition) is 1. The predicted molar refractivity (Wildman–Crippen MR) is 125 cm³/mol. The molecule has 4 fully saturated rings. The fourth-order valence-corrected chi connectivity index (χ4v) is 8.27. The number of benzene rings is 1. The molecule has 174 valence electrons. The smallest absolute Gasteiger partial charge is 0.250 e. The zero-order valence-corrected chi connectivity index (χ0v) is 19.8. The zero-order chi connectivity index (χ0) is 22.5.